The van der Waals surface area contributed by atoms with Crippen molar-refractivity contribution < 1.29 is 14.3 Å². The van der Waals surface area contributed by atoms with Crippen LogP contribution in [0.2, 0.25) is 10.0 Å². The number of carbonyl (C=O) groups is 2. The number of nitrogens with one attached hydrogen (secondary N) is 2. The summed E-state index contributed by atoms with van der Waals surface area (Å²) in [6.07, 6.45) is 1.89. The normalized spacial score (nSPS) is 13.7. The van der Waals surface area contributed by atoms with Crippen LogP contribution in [-0.2, 0) is 15.0 Å². The summed E-state index contributed by atoms with van der Waals surface area (Å²) in [6, 6.07) is 12.5. The molecule has 0 atom stereocenters. The van der Waals surface area contributed by atoms with Crippen molar-refractivity contribution in [1.29, 1.82) is 0 Å². The lowest BCUT2D eigenvalue weighted by atomic mass is 9.84. The second kappa shape index (κ2) is 9.06. The predicted octanol–water partition coefficient (Wildman–Crippen LogP) is 4.81. The van der Waals surface area contributed by atoms with E-state index >= 15 is 0 Å². The monoisotopic (exact) mass is 434 g/mol. The highest BCUT2D eigenvalue weighted by molar-refractivity contribution is 6.42. The van der Waals surface area contributed by atoms with Crippen LogP contribution in [0.15, 0.2) is 42.5 Å². The average molecular weight is 435 g/mol. The molecule has 154 valence electrons. The Hall–Kier alpha value is -2.24. The fourth-order valence-corrected chi connectivity index (χ4v) is 3.09. The Morgan fingerprint density at radius 1 is 1.10 bits per heavy atom. The molecule has 0 spiro atoms. The summed E-state index contributed by atoms with van der Waals surface area (Å²) in [7, 11) is 0. The minimum absolute atomic E-state index is 0.0319. The summed E-state index contributed by atoms with van der Waals surface area (Å²) in [5.41, 5.74) is 1.32. The molecule has 0 aliphatic heterocycles. The highest BCUT2D eigenvalue weighted by Gasteiger charge is 2.29. The highest BCUT2D eigenvalue weighted by Crippen LogP contribution is 2.31. The Bertz CT molecular complexity index is 911. The van der Waals surface area contributed by atoms with Crippen molar-refractivity contribution in [3.8, 4) is 5.75 Å². The van der Waals surface area contributed by atoms with Gasteiger partial charge in [-0.05, 0) is 42.7 Å². The molecular formula is C22H24Cl2N2O3. The summed E-state index contributed by atoms with van der Waals surface area (Å²) in [4.78, 5) is 24.1. The van der Waals surface area contributed by atoms with Gasteiger partial charge in [-0.1, -0.05) is 49.2 Å². The van der Waals surface area contributed by atoms with Crippen LogP contribution in [0.4, 0.5) is 5.69 Å². The first-order valence-corrected chi connectivity index (χ1v) is 10.3. The first-order chi connectivity index (χ1) is 13.7. The first kappa shape index (κ1) is 21.5. The predicted molar refractivity (Wildman–Crippen MR) is 116 cm³/mol. The molecule has 0 radical (unpaired) electrons. The van der Waals surface area contributed by atoms with Gasteiger partial charge in [-0.3, -0.25) is 9.59 Å². The largest absolute Gasteiger partial charge is 0.484 e. The fourth-order valence-electron chi connectivity index (χ4n) is 2.79. The van der Waals surface area contributed by atoms with Crippen LogP contribution in [-0.4, -0.2) is 25.0 Å². The number of hydrogen-bond donors (Lipinski definition) is 2. The zero-order valence-electron chi connectivity index (χ0n) is 16.4. The maximum Gasteiger partial charge on any atom is 0.257 e. The maximum atomic E-state index is 12.2. The van der Waals surface area contributed by atoms with Crippen molar-refractivity contribution in [3.05, 3.63) is 58.1 Å². The van der Waals surface area contributed by atoms with E-state index in [2.05, 4.69) is 10.6 Å². The molecule has 0 aromatic heterocycles. The van der Waals surface area contributed by atoms with E-state index in [9.17, 15) is 9.59 Å². The van der Waals surface area contributed by atoms with E-state index in [0.717, 1.165) is 18.4 Å². The molecule has 2 aromatic rings. The van der Waals surface area contributed by atoms with Gasteiger partial charge in [0.2, 0.25) is 5.91 Å². The lowest BCUT2D eigenvalue weighted by molar-refractivity contribution is -0.123. The minimum Gasteiger partial charge on any atom is -0.484 e. The molecule has 0 heterocycles. The standard InChI is InChI=1S/C22H24Cl2N2O3/c1-22(2,15-8-9-18(23)19(24)10-15)13-25-20(27)12-29-17-5-3-4-16(11-17)26-21(28)14-6-7-14/h3-5,8-11,14H,6-7,12-13H2,1-2H3,(H,25,27)(H,26,28). The Morgan fingerprint density at radius 3 is 2.55 bits per heavy atom. The van der Waals surface area contributed by atoms with Gasteiger partial charge in [0.25, 0.3) is 5.91 Å². The molecule has 3 rings (SSSR count). The third-order valence-corrected chi connectivity index (χ3v) is 5.59. The van der Waals surface area contributed by atoms with Crippen molar-refractivity contribution in [2.24, 2.45) is 5.92 Å². The molecule has 1 aliphatic rings. The molecule has 1 saturated carbocycles. The number of amides is 2. The van der Waals surface area contributed by atoms with Crippen LogP contribution in [0.3, 0.4) is 0 Å². The van der Waals surface area contributed by atoms with Gasteiger partial charge < -0.3 is 15.4 Å². The number of halogens is 2. The van der Waals surface area contributed by atoms with E-state index in [0.29, 0.717) is 28.0 Å². The van der Waals surface area contributed by atoms with Gasteiger partial charge in [0, 0.05) is 29.6 Å². The quantitative estimate of drug-likeness (QED) is 0.625. The van der Waals surface area contributed by atoms with Gasteiger partial charge in [-0.15, -0.1) is 0 Å². The lowest BCUT2D eigenvalue weighted by Crippen LogP contribution is -2.38. The van der Waals surface area contributed by atoms with Crippen molar-refractivity contribution in [2.45, 2.75) is 32.1 Å². The lowest BCUT2D eigenvalue weighted by Gasteiger charge is -2.26. The van der Waals surface area contributed by atoms with Gasteiger partial charge in [-0.25, -0.2) is 0 Å². The minimum atomic E-state index is -0.323. The van der Waals surface area contributed by atoms with E-state index in [1.807, 2.05) is 26.0 Å². The van der Waals surface area contributed by atoms with Crippen molar-refractivity contribution in [3.63, 3.8) is 0 Å². The Labute approximate surface area is 180 Å². The van der Waals surface area contributed by atoms with Crippen LogP contribution in [0, 0.1) is 5.92 Å². The molecular weight excluding hydrogens is 411 g/mol. The molecule has 2 aromatic carbocycles. The van der Waals surface area contributed by atoms with Gasteiger partial charge in [0.15, 0.2) is 6.61 Å². The summed E-state index contributed by atoms with van der Waals surface area (Å²) < 4.78 is 5.57. The Morgan fingerprint density at radius 2 is 1.86 bits per heavy atom. The highest BCUT2D eigenvalue weighted by atomic mass is 35.5. The molecule has 5 nitrogen and oxygen atoms in total. The summed E-state index contributed by atoms with van der Waals surface area (Å²) in [5, 5.41) is 6.74. The number of anilines is 1. The van der Waals surface area contributed by atoms with Crippen LogP contribution in [0.5, 0.6) is 5.75 Å². The van der Waals surface area contributed by atoms with Crippen LogP contribution < -0.4 is 15.4 Å². The van der Waals surface area contributed by atoms with Gasteiger partial charge in [0.1, 0.15) is 5.75 Å². The van der Waals surface area contributed by atoms with E-state index in [-0.39, 0.29) is 29.8 Å². The summed E-state index contributed by atoms with van der Waals surface area (Å²) >= 11 is 12.1. The molecule has 0 unspecified atom stereocenters. The van der Waals surface area contributed by atoms with Crippen LogP contribution >= 0.6 is 23.2 Å². The topological polar surface area (TPSA) is 67.4 Å². The van der Waals surface area contributed by atoms with Crippen LogP contribution in [0.1, 0.15) is 32.3 Å². The van der Waals surface area contributed by atoms with Gasteiger partial charge >= 0.3 is 0 Å². The van der Waals surface area contributed by atoms with E-state index in [1.54, 1.807) is 30.3 Å². The first-order valence-electron chi connectivity index (χ1n) is 9.50. The summed E-state index contributed by atoms with van der Waals surface area (Å²) in [6.45, 7) is 4.33. The third kappa shape index (κ3) is 6.12. The molecule has 7 heteroatoms. The SMILES string of the molecule is CC(C)(CNC(=O)COc1cccc(NC(=O)C2CC2)c1)c1ccc(Cl)c(Cl)c1. The smallest absolute Gasteiger partial charge is 0.257 e. The molecule has 1 aliphatic carbocycles. The maximum absolute atomic E-state index is 12.2. The zero-order chi connectivity index (χ0) is 21.0. The van der Waals surface area contributed by atoms with Gasteiger partial charge in [0.05, 0.1) is 10.0 Å². The third-order valence-electron chi connectivity index (χ3n) is 4.85. The molecule has 29 heavy (non-hydrogen) atoms. The van der Waals surface area contributed by atoms with Gasteiger partial charge in [-0.2, -0.15) is 0 Å². The van der Waals surface area contributed by atoms with E-state index < -0.39 is 0 Å². The molecule has 2 N–H and O–H groups in total. The summed E-state index contributed by atoms with van der Waals surface area (Å²) in [5.74, 6) is 0.455. The number of carbonyl (C=O) groups excluding carboxylic acids is 2. The van der Waals surface area contributed by atoms with Crippen molar-refractivity contribution in [2.75, 3.05) is 18.5 Å². The van der Waals surface area contributed by atoms with Crippen LogP contribution in [0.25, 0.3) is 0 Å². The van der Waals surface area contributed by atoms with Crippen molar-refractivity contribution in [1.82, 2.24) is 5.32 Å². The number of ether oxygens (including phenoxy) is 1. The molecule has 1 fully saturated rings. The van der Waals surface area contributed by atoms with Crippen molar-refractivity contribution >= 4 is 40.7 Å². The fraction of sp³-hybridized carbons (Fsp3) is 0.364. The average Bonchev–Trinajstić information content (AvgIpc) is 3.52. The molecule has 0 bridgehead atoms. The Balaban J connectivity index is 1.49. The van der Waals surface area contributed by atoms with E-state index in [1.165, 1.54) is 0 Å². The number of hydrogen-bond acceptors (Lipinski definition) is 3. The Kier molecular flexibility index (Phi) is 6.70. The van der Waals surface area contributed by atoms with E-state index in [4.69, 9.17) is 27.9 Å². The zero-order valence-corrected chi connectivity index (χ0v) is 17.9. The molecule has 2 amide bonds. The second-order valence-electron chi connectivity index (χ2n) is 7.87. The number of benzene rings is 2. The second-order valence-corrected chi connectivity index (χ2v) is 8.68. The number of rotatable bonds is 8. The molecule has 0 saturated heterocycles.